The van der Waals surface area contributed by atoms with Gasteiger partial charge in [-0.3, -0.25) is 0 Å². The van der Waals surface area contributed by atoms with Crippen molar-refractivity contribution in [2.75, 3.05) is 11.9 Å². The van der Waals surface area contributed by atoms with Crippen molar-refractivity contribution in [3.63, 3.8) is 0 Å². The monoisotopic (exact) mass is 284 g/mol. The van der Waals surface area contributed by atoms with Crippen LogP contribution < -0.4 is 5.32 Å². The highest BCUT2D eigenvalue weighted by atomic mass is 35.5. The summed E-state index contributed by atoms with van der Waals surface area (Å²) in [5.41, 5.74) is 0.558. The van der Waals surface area contributed by atoms with Crippen LogP contribution in [-0.4, -0.2) is 6.54 Å². The van der Waals surface area contributed by atoms with E-state index < -0.39 is 0 Å². The summed E-state index contributed by atoms with van der Waals surface area (Å²) in [6, 6.07) is 7.76. The molecule has 0 heterocycles. The van der Waals surface area contributed by atoms with E-state index in [2.05, 4.69) is 11.4 Å². The standard InChI is InChI=1S/C14H18Cl2N2/c1-14(2,10-17)8-3-4-9-18-13-11(15)6-5-7-12(13)16/h5-7,18H,3-4,8-9H2,1-2H3. The number of halogens is 2. The Kier molecular flexibility index (Phi) is 5.78. The number of rotatable bonds is 6. The third kappa shape index (κ3) is 4.76. The molecule has 1 rings (SSSR count). The van der Waals surface area contributed by atoms with Crippen LogP contribution in [0.2, 0.25) is 10.0 Å². The molecular formula is C14H18Cl2N2. The summed E-state index contributed by atoms with van der Waals surface area (Å²) in [6.07, 6.45) is 2.91. The molecule has 4 heteroatoms. The maximum Gasteiger partial charge on any atom is 0.0718 e. The maximum atomic E-state index is 8.90. The van der Waals surface area contributed by atoms with E-state index in [4.69, 9.17) is 28.5 Å². The van der Waals surface area contributed by atoms with Gasteiger partial charge < -0.3 is 5.32 Å². The zero-order chi connectivity index (χ0) is 13.6. The summed E-state index contributed by atoms with van der Waals surface area (Å²) < 4.78 is 0. The lowest BCUT2D eigenvalue weighted by Gasteiger charge is -2.15. The minimum absolute atomic E-state index is 0.234. The van der Waals surface area contributed by atoms with Gasteiger partial charge in [0.1, 0.15) is 0 Å². The Bertz CT molecular complexity index is 416. The number of benzene rings is 1. The molecule has 0 atom stereocenters. The maximum absolute atomic E-state index is 8.90. The highest BCUT2D eigenvalue weighted by Crippen LogP contribution is 2.29. The van der Waals surface area contributed by atoms with Gasteiger partial charge in [-0.1, -0.05) is 35.7 Å². The largest absolute Gasteiger partial charge is 0.383 e. The second kappa shape index (κ2) is 6.87. The summed E-state index contributed by atoms with van der Waals surface area (Å²) >= 11 is 12.1. The molecule has 1 aromatic rings. The van der Waals surface area contributed by atoms with E-state index in [1.807, 2.05) is 32.0 Å². The molecule has 0 aromatic heterocycles. The van der Waals surface area contributed by atoms with Crippen LogP contribution in [0.3, 0.4) is 0 Å². The number of nitrogens with one attached hydrogen (secondary N) is 1. The molecule has 0 fully saturated rings. The van der Waals surface area contributed by atoms with Gasteiger partial charge in [0.15, 0.2) is 0 Å². The fourth-order valence-corrected chi connectivity index (χ4v) is 2.16. The number of anilines is 1. The molecule has 0 saturated carbocycles. The van der Waals surface area contributed by atoms with Gasteiger partial charge in [0.25, 0.3) is 0 Å². The minimum Gasteiger partial charge on any atom is -0.383 e. The zero-order valence-electron chi connectivity index (χ0n) is 10.8. The molecule has 0 bridgehead atoms. The molecule has 1 N–H and O–H groups in total. The van der Waals surface area contributed by atoms with Crippen LogP contribution in [0, 0.1) is 16.7 Å². The van der Waals surface area contributed by atoms with Crippen LogP contribution in [0.4, 0.5) is 5.69 Å². The Morgan fingerprint density at radius 3 is 2.39 bits per heavy atom. The molecule has 1 aromatic carbocycles. The Labute approximate surface area is 119 Å². The normalized spacial score (nSPS) is 11.1. The number of hydrogen-bond acceptors (Lipinski definition) is 2. The van der Waals surface area contributed by atoms with Crippen LogP contribution in [0.15, 0.2) is 18.2 Å². The number of para-hydroxylation sites is 1. The minimum atomic E-state index is -0.234. The van der Waals surface area contributed by atoms with Gasteiger partial charge >= 0.3 is 0 Å². The van der Waals surface area contributed by atoms with E-state index in [-0.39, 0.29) is 5.41 Å². The van der Waals surface area contributed by atoms with Crippen LogP contribution in [0.25, 0.3) is 0 Å². The van der Waals surface area contributed by atoms with Crippen LogP contribution in [0.1, 0.15) is 33.1 Å². The van der Waals surface area contributed by atoms with E-state index >= 15 is 0 Å². The van der Waals surface area contributed by atoms with E-state index in [1.54, 1.807) is 0 Å². The first-order valence-corrected chi connectivity index (χ1v) is 6.81. The van der Waals surface area contributed by atoms with Gasteiger partial charge in [0.2, 0.25) is 0 Å². The van der Waals surface area contributed by atoms with Crippen molar-refractivity contribution in [1.82, 2.24) is 0 Å². The molecule has 0 unspecified atom stereocenters. The average molecular weight is 285 g/mol. The molecule has 98 valence electrons. The van der Waals surface area contributed by atoms with E-state index in [9.17, 15) is 0 Å². The second-order valence-electron chi connectivity index (χ2n) is 4.98. The zero-order valence-corrected chi connectivity index (χ0v) is 12.3. The van der Waals surface area contributed by atoms with Crippen molar-refractivity contribution < 1.29 is 0 Å². The highest BCUT2D eigenvalue weighted by Gasteiger charge is 2.15. The summed E-state index contributed by atoms with van der Waals surface area (Å²) in [7, 11) is 0. The van der Waals surface area contributed by atoms with Gasteiger partial charge in [0.05, 0.1) is 27.2 Å². The fourth-order valence-electron chi connectivity index (χ4n) is 1.63. The Hall–Kier alpha value is -0.910. The summed E-state index contributed by atoms with van der Waals surface area (Å²) in [4.78, 5) is 0. The third-order valence-electron chi connectivity index (χ3n) is 2.80. The van der Waals surface area contributed by atoms with Crippen LogP contribution in [0.5, 0.6) is 0 Å². The Morgan fingerprint density at radius 2 is 1.83 bits per heavy atom. The van der Waals surface area contributed by atoms with Gasteiger partial charge in [-0.25, -0.2) is 0 Å². The molecule has 2 nitrogen and oxygen atoms in total. The van der Waals surface area contributed by atoms with Gasteiger partial charge in [-0.15, -0.1) is 0 Å². The second-order valence-corrected chi connectivity index (χ2v) is 5.79. The van der Waals surface area contributed by atoms with Crippen molar-refractivity contribution >= 4 is 28.9 Å². The Morgan fingerprint density at radius 1 is 1.22 bits per heavy atom. The lowest BCUT2D eigenvalue weighted by Crippen LogP contribution is -2.09. The van der Waals surface area contributed by atoms with Crippen molar-refractivity contribution in [3.05, 3.63) is 28.2 Å². The van der Waals surface area contributed by atoms with E-state index in [1.165, 1.54) is 0 Å². The Balaban J connectivity index is 2.33. The molecule has 0 saturated heterocycles. The highest BCUT2D eigenvalue weighted by molar-refractivity contribution is 6.39. The quantitative estimate of drug-likeness (QED) is 0.736. The molecule has 0 aliphatic rings. The first-order valence-electron chi connectivity index (χ1n) is 6.05. The number of unbranched alkanes of at least 4 members (excludes halogenated alkanes) is 1. The first kappa shape index (κ1) is 15.1. The molecule has 0 aliphatic carbocycles. The van der Waals surface area contributed by atoms with Crippen molar-refractivity contribution in [3.8, 4) is 6.07 Å². The molecule has 18 heavy (non-hydrogen) atoms. The molecule has 0 amide bonds. The molecular weight excluding hydrogens is 267 g/mol. The summed E-state index contributed by atoms with van der Waals surface area (Å²) in [6.45, 7) is 4.74. The van der Waals surface area contributed by atoms with Gasteiger partial charge in [0, 0.05) is 6.54 Å². The average Bonchev–Trinajstić information content (AvgIpc) is 2.32. The number of nitriles is 1. The smallest absolute Gasteiger partial charge is 0.0718 e. The third-order valence-corrected chi connectivity index (χ3v) is 3.43. The summed E-state index contributed by atoms with van der Waals surface area (Å²) in [5.74, 6) is 0. The number of nitrogens with zero attached hydrogens (tertiary/aromatic N) is 1. The van der Waals surface area contributed by atoms with Crippen LogP contribution >= 0.6 is 23.2 Å². The predicted octanol–water partition coefficient (Wildman–Crippen LogP) is 5.13. The molecule has 0 spiro atoms. The van der Waals surface area contributed by atoms with Crippen molar-refractivity contribution in [2.45, 2.75) is 33.1 Å². The lowest BCUT2D eigenvalue weighted by atomic mass is 9.89. The fraction of sp³-hybridized carbons (Fsp3) is 0.500. The van der Waals surface area contributed by atoms with Crippen molar-refractivity contribution in [1.29, 1.82) is 5.26 Å². The number of hydrogen-bond donors (Lipinski definition) is 1. The van der Waals surface area contributed by atoms with Crippen molar-refractivity contribution in [2.24, 2.45) is 5.41 Å². The summed E-state index contributed by atoms with van der Waals surface area (Å²) in [5, 5.41) is 13.4. The first-order chi connectivity index (χ1) is 8.46. The SMILES string of the molecule is CC(C)(C#N)CCCCNc1c(Cl)cccc1Cl. The topological polar surface area (TPSA) is 35.8 Å². The van der Waals surface area contributed by atoms with E-state index in [0.717, 1.165) is 31.5 Å². The van der Waals surface area contributed by atoms with Crippen LogP contribution in [-0.2, 0) is 0 Å². The van der Waals surface area contributed by atoms with E-state index in [0.29, 0.717) is 10.0 Å². The van der Waals surface area contributed by atoms with Gasteiger partial charge in [-0.05, 0) is 38.8 Å². The lowest BCUT2D eigenvalue weighted by molar-refractivity contribution is 0.430. The molecule has 0 radical (unpaired) electrons. The van der Waals surface area contributed by atoms with Gasteiger partial charge in [-0.2, -0.15) is 5.26 Å². The molecule has 0 aliphatic heterocycles. The predicted molar refractivity (Wildman–Crippen MR) is 78.2 cm³/mol.